The first-order chi connectivity index (χ1) is 17.1. The Hall–Kier alpha value is -3.59. The topological polar surface area (TPSA) is 92.7 Å². The SMILES string of the molecule is COCCN(CC(=O)N1N=C(c2cccc(OC)c2)CC1c1ccc(OC)cc1)C(=O)NC(C)(C)C. The lowest BCUT2D eigenvalue weighted by Gasteiger charge is -2.30. The molecule has 0 aromatic heterocycles. The van der Waals surface area contributed by atoms with Crippen molar-refractivity contribution in [2.24, 2.45) is 5.10 Å². The molecule has 0 aliphatic carbocycles. The predicted octanol–water partition coefficient (Wildman–Crippen LogP) is 3.84. The summed E-state index contributed by atoms with van der Waals surface area (Å²) < 4.78 is 15.8. The molecule has 1 N–H and O–H groups in total. The number of benzene rings is 2. The van der Waals surface area contributed by atoms with E-state index < -0.39 is 5.54 Å². The Balaban J connectivity index is 1.91. The standard InChI is InChI=1S/C27H36N4O5/c1-27(2,3)28-26(33)30(14-15-34-4)18-25(32)31-24(19-10-12-21(35-5)13-11-19)17-23(29-31)20-8-7-9-22(16-20)36-6/h7-13,16,24H,14-15,17-18H2,1-6H3,(H,28,33). The van der Waals surface area contributed by atoms with E-state index in [1.54, 1.807) is 21.3 Å². The normalized spacial score (nSPS) is 15.3. The van der Waals surface area contributed by atoms with Crippen molar-refractivity contribution in [2.75, 3.05) is 41.0 Å². The number of methoxy groups -OCH3 is 3. The average Bonchev–Trinajstić information content (AvgIpc) is 3.31. The molecule has 9 heteroatoms. The molecule has 2 aromatic rings. The van der Waals surface area contributed by atoms with E-state index in [-0.39, 0.29) is 31.1 Å². The van der Waals surface area contributed by atoms with Crippen LogP contribution in [0.2, 0.25) is 0 Å². The lowest BCUT2D eigenvalue weighted by Crippen LogP contribution is -2.52. The number of amides is 3. The molecule has 0 saturated heterocycles. The maximum atomic E-state index is 13.6. The van der Waals surface area contributed by atoms with E-state index in [0.717, 1.165) is 22.6 Å². The summed E-state index contributed by atoms with van der Waals surface area (Å²) in [6.45, 7) is 6.14. The molecule has 9 nitrogen and oxygen atoms in total. The molecule has 194 valence electrons. The van der Waals surface area contributed by atoms with E-state index in [2.05, 4.69) is 5.32 Å². The Kier molecular flexibility index (Phi) is 8.93. The number of ether oxygens (including phenoxy) is 3. The second kappa shape index (κ2) is 11.9. The molecule has 36 heavy (non-hydrogen) atoms. The summed E-state index contributed by atoms with van der Waals surface area (Å²) in [7, 11) is 4.79. The first-order valence-corrected chi connectivity index (χ1v) is 11.9. The van der Waals surface area contributed by atoms with Gasteiger partial charge in [-0.2, -0.15) is 5.10 Å². The van der Waals surface area contributed by atoms with Gasteiger partial charge in [0.15, 0.2) is 0 Å². The van der Waals surface area contributed by atoms with Gasteiger partial charge in [0, 0.05) is 31.2 Å². The number of nitrogens with one attached hydrogen (secondary N) is 1. The second-order valence-corrected chi connectivity index (χ2v) is 9.60. The van der Waals surface area contributed by atoms with Crippen LogP contribution in [0.25, 0.3) is 0 Å². The maximum absolute atomic E-state index is 13.6. The summed E-state index contributed by atoms with van der Waals surface area (Å²) in [6, 6.07) is 14.6. The summed E-state index contributed by atoms with van der Waals surface area (Å²) in [4.78, 5) is 28.0. The van der Waals surface area contributed by atoms with Crippen LogP contribution in [-0.4, -0.2) is 74.1 Å². The minimum Gasteiger partial charge on any atom is -0.497 e. The number of hydrazone groups is 1. The summed E-state index contributed by atoms with van der Waals surface area (Å²) in [6.07, 6.45) is 0.525. The maximum Gasteiger partial charge on any atom is 0.318 e. The molecule has 1 aliphatic heterocycles. The zero-order chi connectivity index (χ0) is 26.3. The molecule has 0 radical (unpaired) electrons. The number of rotatable bonds is 9. The summed E-state index contributed by atoms with van der Waals surface area (Å²) in [5.41, 5.74) is 2.13. The van der Waals surface area contributed by atoms with Gasteiger partial charge in [0.2, 0.25) is 0 Å². The van der Waals surface area contributed by atoms with Crippen molar-refractivity contribution in [1.29, 1.82) is 0 Å². The number of carbonyl (C=O) groups is 2. The third kappa shape index (κ3) is 6.97. The Labute approximate surface area is 213 Å². The van der Waals surface area contributed by atoms with Crippen molar-refractivity contribution in [3.8, 4) is 11.5 Å². The monoisotopic (exact) mass is 496 g/mol. The van der Waals surface area contributed by atoms with Crippen LogP contribution in [0.4, 0.5) is 4.79 Å². The number of hydrogen-bond acceptors (Lipinski definition) is 6. The molecular formula is C27H36N4O5. The van der Waals surface area contributed by atoms with Gasteiger partial charge in [-0.1, -0.05) is 24.3 Å². The van der Waals surface area contributed by atoms with E-state index in [9.17, 15) is 9.59 Å². The minimum atomic E-state index is -0.442. The number of urea groups is 1. The van der Waals surface area contributed by atoms with Gasteiger partial charge in [-0.05, 0) is 50.6 Å². The highest BCUT2D eigenvalue weighted by Crippen LogP contribution is 2.34. The number of hydrogen-bond donors (Lipinski definition) is 1. The lowest BCUT2D eigenvalue weighted by molar-refractivity contribution is -0.133. The highest BCUT2D eigenvalue weighted by Gasteiger charge is 2.35. The van der Waals surface area contributed by atoms with Crippen LogP contribution in [0, 0.1) is 0 Å². The number of carbonyl (C=O) groups excluding carboxylic acids is 2. The average molecular weight is 497 g/mol. The molecule has 0 bridgehead atoms. The van der Waals surface area contributed by atoms with Crippen LogP contribution in [-0.2, 0) is 9.53 Å². The van der Waals surface area contributed by atoms with Crippen molar-refractivity contribution in [1.82, 2.24) is 15.2 Å². The van der Waals surface area contributed by atoms with Crippen LogP contribution in [0.1, 0.15) is 44.4 Å². The molecule has 2 aromatic carbocycles. The third-order valence-corrected chi connectivity index (χ3v) is 5.73. The molecule has 3 rings (SSSR count). The van der Waals surface area contributed by atoms with Crippen molar-refractivity contribution in [2.45, 2.75) is 38.8 Å². The zero-order valence-corrected chi connectivity index (χ0v) is 21.9. The van der Waals surface area contributed by atoms with Crippen LogP contribution >= 0.6 is 0 Å². The minimum absolute atomic E-state index is 0.132. The molecule has 1 atom stereocenters. The fraction of sp³-hybridized carbons (Fsp3) is 0.444. The largest absolute Gasteiger partial charge is 0.497 e. The Morgan fingerprint density at radius 3 is 2.36 bits per heavy atom. The van der Waals surface area contributed by atoms with Crippen LogP contribution < -0.4 is 14.8 Å². The predicted molar refractivity (Wildman–Crippen MR) is 138 cm³/mol. The summed E-state index contributed by atoms with van der Waals surface area (Å²) >= 11 is 0. The van der Waals surface area contributed by atoms with E-state index in [4.69, 9.17) is 19.3 Å². The third-order valence-electron chi connectivity index (χ3n) is 5.73. The van der Waals surface area contributed by atoms with Crippen LogP contribution in [0.15, 0.2) is 53.6 Å². The Morgan fingerprint density at radius 1 is 1.06 bits per heavy atom. The Bertz CT molecular complexity index is 1080. The molecule has 1 aliphatic rings. The fourth-order valence-corrected chi connectivity index (χ4v) is 3.89. The van der Waals surface area contributed by atoms with Gasteiger partial charge in [-0.15, -0.1) is 0 Å². The molecule has 1 unspecified atom stereocenters. The van der Waals surface area contributed by atoms with Crippen molar-refractivity contribution in [3.63, 3.8) is 0 Å². The second-order valence-electron chi connectivity index (χ2n) is 9.60. The van der Waals surface area contributed by atoms with Gasteiger partial charge in [0.05, 0.1) is 32.6 Å². The quantitative estimate of drug-likeness (QED) is 0.570. The zero-order valence-electron chi connectivity index (χ0n) is 21.9. The van der Waals surface area contributed by atoms with Crippen molar-refractivity contribution >= 4 is 17.6 Å². The van der Waals surface area contributed by atoms with Gasteiger partial charge in [0.25, 0.3) is 5.91 Å². The van der Waals surface area contributed by atoms with Crippen molar-refractivity contribution in [3.05, 3.63) is 59.7 Å². The van der Waals surface area contributed by atoms with E-state index in [1.165, 1.54) is 9.91 Å². The highest BCUT2D eigenvalue weighted by atomic mass is 16.5. The van der Waals surface area contributed by atoms with E-state index >= 15 is 0 Å². The molecule has 3 amide bonds. The first kappa shape index (κ1) is 27.0. The Morgan fingerprint density at radius 2 is 1.75 bits per heavy atom. The fourth-order valence-electron chi connectivity index (χ4n) is 3.89. The van der Waals surface area contributed by atoms with Gasteiger partial charge in [-0.25, -0.2) is 9.80 Å². The van der Waals surface area contributed by atoms with Gasteiger partial charge >= 0.3 is 6.03 Å². The van der Waals surface area contributed by atoms with E-state index in [1.807, 2.05) is 69.3 Å². The van der Waals surface area contributed by atoms with Gasteiger partial charge in [0.1, 0.15) is 18.0 Å². The van der Waals surface area contributed by atoms with E-state index in [0.29, 0.717) is 18.8 Å². The summed E-state index contributed by atoms with van der Waals surface area (Å²) in [5.74, 6) is 1.16. The molecule has 0 saturated carbocycles. The summed E-state index contributed by atoms with van der Waals surface area (Å²) in [5, 5.41) is 9.14. The van der Waals surface area contributed by atoms with Crippen LogP contribution in [0.3, 0.4) is 0 Å². The molecular weight excluding hydrogens is 460 g/mol. The first-order valence-electron chi connectivity index (χ1n) is 11.9. The number of nitrogens with zero attached hydrogens (tertiary/aromatic N) is 3. The van der Waals surface area contributed by atoms with Gasteiger partial charge in [-0.3, -0.25) is 4.79 Å². The molecule has 0 spiro atoms. The van der Waals surface area contributed by atoms with Crippen LogP contribution in [0.5, 0.6) is 11.5 Å². The molecule has 1 heterocycles. The van der Waals surface area contributed by atoms with Crippen molar-refractivity contribution < 1.29 is 23.8 Å². The molecule has 0 fully saturated rings. The smallest absolute Gasteiger partial charge is 0.318 e. The van der Waals surface area contributed by atoms with Gasteiger partial charge < -0.3 is 24.4 Å². The highest BCUT2D eigenvalue weighted by molar-refractivity contribution is 6.03. The lowest BCUT2D eigenvalue weighted by atomic mass is 9.98.